The van der Waals surface area contributed by atoms with Crippen LogP contribution in [0.2, 0.25) is 0 Å². The average Bonchev–Trinajstić information content (AvgIpc) is 2.73. The predicted molar refractivity (Wildman–Crippen MR) is 111 cm³/mol. The van der Waals surface area contributed by atoms with Gasteiger partial charge in [0.1, 0.15) is 0 Å². The maximum absolute atomic E-state index is 13.3. The van der Waals surface area contributed by atoms with E-state index in [4.69, 9.17) is 0 Å². The number of allylic oxidation sites excluding steroid dienone is 2. The van der Waals surface area contributed by atoms with Crippen molar-refractivity contribution in [1.29, 1.82) is 0 Å². The molecule has 2 aromatic carbocycles. The first kappa shape index (κ1) is 20.0. The number of carbonyl (C=O) groups excluding carboxylic acids is 2. The number of nitrogens with zero attached hydrogens (tertiary/aromatic N) is 3. The minimum absolute atomic E-state index is 0.0101. The summed E-state index contributed by atoms with van der Waals surface area (Å²) in [7, 11) is 3.59. The standard InChI is InChI=1S/C23H23N3O4/c1-24(2)25-20-12-17(15-6-4-3-5-7-15)13-21(27)23(20)19(14-22(25)28)16-8-10-18(11-9-16)26(29)30/h3-11,17,19H,12-14H2,1-2H3/t17-,19+/m0/s1. The van der Waals surface area contributed by atoms with E-state index in [-0.39, 0.29) is 35.6 Å². The fourth-order valence-corrected chi connectivity index (χ4v) is 4.56. The maximum Gasteiger partial charge on any atom is 0.269 e. The third-order valence-corrected chi connectivity index (χ3v) is 5.88. The van der Waals surface area contributed by atoms with E-state index in [2.05, 4.69) is 0 Å². The van der Waals surface area contributed by atoms with E-state index in [9.17, 15) is 19.7 Å². The lowest BCUT2D eigenvalue weighted by molar-refractivity contribution is -0.384. The van der Waals surface area contributed by atoms with Crippen LogP contribution in [-0.2, 0) is 9.59 Å². The first-order chi connectivity index (χ1) is 14.4. The molecule has 30 heavy (non-hydrogen) atoms. The van der Waals surface area contributed by atoms with Crippen molar-refractivity contribution in [2.75, 3.05) is 14.1 Å². The maximum atomic E-state index is 13.3. The molecule has 0 saturated heterocycles. The third kappa shape index (κ3) is 3.52. The summed E-state index contributed by atoms with van der Waals surface area (Å²) >= 11 is 0. The van der Waals surface area contributed by atoms with E-state index in [1.54, 1.807) is 36.2 Å². The summed E-state index contributed by atoms with van der Waals surface area (Å²) in [6.45, 7) is 0. The first-order valence-electron chi connectivity index (χ1n) is 9.92. The SMILES string of the molecule is CN(C)N1C(=O)C[C@H](c2ccc([N+](=O)[O-])cc2)C2=C1C[C@H](c1ccccc1)CC2=O. The first-order valence-corrected chi connectivity index (χ1v) is 9.92. The van der Waals surface area contributed by atoms with Crippen molar-refractivity contribution in [3.05, 3.63) is 87.1 Å². The van der Waals surface area contributed by atoms with Crippen molar-refractivity contribution in [1.82, 2.24) is 10.0 Å². The fraction of sp³-hybridized carbons (Fsp3) is 0.304. The van der Waals surface area contributed by atoms with Gasteiger partial charge in [0, 0.05) is 56.3 Å². The summed E-state index contributed by atoms with van der Waals surface area (Å²) in [5.74, 6) is -0.409. The summed E-state index contributed by atoms with van der Waals surface area (Å²) < 4.78 is 0. The molecular weight excluding hydrogens is 382 g/mol. The largest absolute Gasteiger partial charge is 0.294 e. The van der Waals surface area contributed by atoms with E-state index in [1.165, 1.54) is 12.1 Å². The minimum Gasteiger partial charge on any atom is -0.294 e. The molecular formula is C23H23N3O4. The van der Waals surface area contributed by atoms with Gasteiger partial charge >= 0.3 is 0 Å². The molecule has 7 heteroatoms. The van der Waals surface area contributed by atoms with Crippen molar-refractivity contribution < 1.29 is 14.5 Å². The Balaban J connectivity index is 1.78. The zero-order valence-electron chi connectivity index (χ0n) is 16.9. The van der Waals surface area contributed by atoms with Crippen molar-refractivity contribution >= 4 is 17.4 Å². The molecule has 1 aliphatic heterocycles. The van der Waals surface area contributed by atoms with Crippen LogP contribution in [0, 0.1) is 10.1 Å². The Hall–Kier alpha value is -3.32. The summed E-state index contributed by atoms with van der Waals surface area (Å²) in [6.07, 6.45) is 1.15. The fourth-order valence-electron chi connectivity index (χ4n) is 4.56. The quantitative estimate of drug-likeness (QED) is 0.571. The molecule has 2 aliphatic rings. The van der Waals surface area contributed by atoms with Crippen molar-refractivity contribution in [2.45, 2.75) is 31.1 Å². The highest BCUT2D eigenvalue weighted by molar-refractivity contribution is 6.02. The number of nitro groups is 1. The van der Waals surface area contributed by atoms with Gasteiger partial charge in [0.2, 0.25) is 5.91 Å². The molecule has 0 aromatic heterocycles. The number of ketones is 1. The molecule has 7 nitrogen and oxygen atoms in total. The van der Waals surface area contributed by atoms with Gasteiger partial charge in [-0.05, 0) is 23.5 Å². The summed E-state index contributed by atoms with van der Waals surface area (Å²) in [5, 5.41) is 14.3. The second-order valence-electron chi connectivity index (χ2n) is 7.96. The topological polar surface area (TPSA) is 83.8 Å². The predicted octanol–water partition coefficient (Wildman–Crippen LogP) is 3.79. The highest BCUT2D eigenvalue weighted by atomic mass is 16.6. The highest BCUT2D eigenvalue weighted by Gasteiger charge is 2.42. The molecule has 2 atom stereocenters. The number of Topliss-reactive ketones (excluding diaryl/α,β-unsaturated/α-hetero) is 1. The molecule has 0 radical (unpaired) electrons. The number of benzene rings is 2. The molecule has 0 unspecified atom stereocenters. The molecule has 0 N–H and O–H groups in total. The van der Waals surface area contributed by atoms with Crippen LogP contribution in [0.4, 0.5) is 5.69 Å². The van der Waals surface area contributed by atoms with Gasteiger partial charge in [-0.1, -0.05) is 42.5 Å². The smallest absolute Gasteiger partial charge is 0.269 e. The number of amides is 1. The van der Waals surface area contributed by atoms with Crippen LogP contribution in [0.25, 0.3) is 0 Å². The van der Waals surface area contributed by atoms with Crippen LogP contribution in [-0.4, -0.2) is 40.7 Å². The van der Waals surface area contributed by atoms with Gasteiger partial charge in [-0.25, -0.2) is 10.0 Å². The molecule has 0 bridgehead atoms. The monoisotopic (exact) mass is 405 g/mol. The Morgan fingerprint density at radius 3 is 2.20 bits per heavy atom. The molecule has 154 valence electrons. The molecule has 1 aliphatic carbocycles. The van der Waals surface area contributed by atoms with Crippen LogP contribution in [0.5, 0.6) is 0 Å². The Morgan fingerprint density at radius 1 is 0.933 bits per heavy atom. The molecule has 1 heterocycles. The lowest BCUT2D eigenvalue weighted by atomic mass is 9.73. The Labute approximate surface area is 174 Å². The second kappa shape index (κ2) is 7.84. The van der Waals surface area contributed by atoms with Crippen molar-refractivity contribution in [3.63, 3.8) is 0 Å². The van der Waals surface area contributed by atoms with Gasteiger partial charge in [0.05, 0.1) is 4.92 Å². The highest BCUT2D eigenvalue weighted by Crippen LogP contribution is 2.45. The van der Waals surface area contributed by atoms with E-state index < -0.39 is 4.92 Å². The van der Waals surface area contributed by atoms with Crippen LogP contribution in [0.3, 0.4) is 0 Å². The number of nitro benzene ring substituents is 1. The van der Waals surface area contributed by atoms with Crippen LogP contribution in [0.1, 0.15) is 42.2 Å². The minimum atomic E-state index is -0.454. The molecule has 0 fully saturated rings. The zero-order valence-corrected chi connectivity index (χ0v) is 16.9. The number of non-ortho nitro benzene ring substituents is 1. The normalized spacial score (nSPS) is 21.8. The summed E-state index contributed by atoms with van der Waals surface area (Å²) in [6, 6.07) is 16.1. The average molecular weight is 405 g/mol. The Bertz CT molecular complexity index is 1030. The molecule has 0 saturated carbocycles. The third-order valence-electron chi connectivity index (χ3n) is 5.88. The van der Waals surface area contributed by atoms with Crippen LogP contribution >= 0.6 is 0 Å². The molecule has 0 spiro atoms. The zero-order chi connectivity index (χ0) is 21.4. The van der Waals surface area contributed by atoms with Gasteiger partial charge in [-0.2, -0.15) is 0 Å². The van der Waals surface area contributed by atoms with Crippen molar-refractivity contribution in [3.8, 4) is 0 Å². The number of carbonyl (C=O) groups is 2. The second-order valence-corrected chi connectivity index (χ2v) is 7.96. The van der Waals surface area contributed by atoms with Gasteiger partial charge in [-0.3, -0.25) is 19.7 Å². The number of hydrogen-bond donors (Lipinski definition) is 0. The van der Waals surface area contributed by atoms with Crippen LogP contribution in [0.15, 0.2) is 65.9 Å². The van der Waals surface area contributed by atoms with Gasteiger partial charge in [-0.15, -0.1) is 0 Å². The molecule has 1 amide bonds. The molecule has 2 aromatic rings. The summed E-state index contributed by atoms with van der Waals surface area (Å²) in [4.78, 5) is 36.9. The van der Waals surface area contributed by atoms with E-state index >= 15 is 0 Å². The lowest BCUT2D eigenvalue weighted by Gasteiger charge is -2.42. The van der Waals surface area contributed by atoms with E-state index in [0.29, 0.717) is 18.4 Å². The van der Waals surface area contributed by atoms with E-state index in [1.807, 2.05) is 30.3 Å². The molecule has 4 rings (SSSR count). The number of hydrazine groups is 1. The lowest BCUT2D eigenvalue weighted by Crippen LogP contribution is -2.47. The van der Waals surface area contributed by atoms with Gasteiger partial charge < -0.3 is 0 Å². The van der Waals surface area contributed by atoms with E-state index in [0.717, 1.165) is 16.8 Å². The Kier molecular flexibility index (Phi) is 5.22. The summed E-state index contributed by atoms with van der Waals surface area (Å²) in [5.41, 5.74) is 3.23. The van der Waals surface area contributed by atoms with Crippen LogP contribution < -0.4 is 0 Å². The van der Waals surface area contributed by atoms with Gasteiger partial charge in [0.25, 0.3) is 5.69 Å². The Morgan fingerprint density at radius 2 is 1.60 bits per heavy atom. The number of rotatable bonds is 4. The van der Waals surface area contributed by atoms with Crippen molar-refractivity contribution in [2.24, 2.45) is 0 Å². The number of hydrogen-bond acceptors (Lipinski definition) is 5. The van der Waals surface area contributed by atoms with Gasteiger partial charge in [0.15, 0.2) is 5.78 Å².